The summed E-state index contributed by atoms with van der Waals surface area (Å²) in [5.74, 6) is -0.265. The maximum Gasteiger partial charge on any atom is 0.274 e. The molecule has 6 heteroatoms. The average Bonchev–Trinajstić information content (AvgIpc) is 2.70. The standard InChI is InChI=1S/C11H11ClN4O/c1-7-3-8(10(12)14-4-7)15-11(17)9-5-13-6-16(9)2/h3-6H,1-2H3,(H,15,17). The van der Waals surface area contributed by atoms with Crippen LogP contribution in [0.1, 0.15) is 16.1 Å². The van der Waals surface area contributed by atoms with Gasteiger partial charge >= 0.3 is 0 Å². The Morgan fingerprint density at radius 2 is 2.24 bits per heavy atom. The molecule has 88 valence electrons. The number of rotatable bonds is 2. The molecule has 0 saturated heterocycles. The van der Waals surface area contributed by atoms with Crippen LogP contribution in [0.2, 0.25) is 5.15 Å². The van der Waals surface area contributed by atoms with Gasteiger partial charge in [-0.15, -0.1) is 0 Å². The Labute approximate surface area is 103 Å². The molecule has 0 atom stereocenters. The third kappa shape index (κ3) is 2.45. The second-order valence-electron chi connectivity index (χ2n) is 3.69. The molecule has 0 aromatic carbocycles. The monoisotopic (exact) mass is 250 g/mol. The van der Waals surface area contributed by atoms with E-state index in [-0.39, 0.29) is 11.1 Å². The van der Waals surface area contributed by atoms with Gasteiger partial charge in [-0.1, -0.05) is 11.6 Å². The van der Waals surface area contributed by atoms with E-state index >= 15 is 0 Å². The first-order valence-electron chi connectivity index (χ1n) is 4.98. The molecule has 1 amide bonds. The summed E-state index contributed by atoms with van der Waals surface area (Å²) < 4.78 is 1.63. The molecule has 5 nitrogen and oxygen atoms in total. The van der Waals surface area contributed by atoms with Crippen LogP contribution < -0.4 is 5.32 Å². The number of pyridine rings is 1. The zero-order valence-corrected chi connectivity index (χ0v) is 10.2. The second kappa shape index (κ2) is 4.55. The van der Waals surface area contributed by atoms with Crippen molar-refractivity contribution in [3.05, 3.63) is 41.2 Å². The highest BCUT2D eigenvalue weighted by Crippen LogP contribution is 2.20. The summed E-state index contributed by atoms with van der Waals surface area (Å²) in [6, 6.07) is 1.77. The lowest BCUT2D eigenvalue weighted by molar-refractivity contribution is 0.101. The van der Waals surface area contributed by atoms with E-state index < -0.39 is 0 Å². The molecule has 0 fully saturated rings. The molecule has 0 unspecified atom stereocenters. The number of hydrogen-bond acceptors (Lipinski definition) is 3. The predicted molar refractivity (Wildman–Crippen MR) is 65.1 cm³/mol. The molecule has 2 rings (SSSR count). The molecule has 2 aromatic rings. The highest BCUT2D eigenvalue weighted by atomic mass is 35.5. The summed E-state index contributed by atoms with van der Waals surface area (Å²) in [5.41, 5.74) is 1.88. The summed E-state index contributed by atoms with van der Waals surface area (Å²) in [6.45, 7) is 1.88. The van der Waals surface area contributed by atoms with Gasteiger partial charge in [-0.25, -0.2) is 9.97 Å². The minimum absolute atomic E-state index is 0.265. The van der Waals surface area contributed by atoms with E-state index in [1.165, 1.54) is 6.20 Å². The first-order chi connectivity index (χ1) is 8.08. The van der Waals surface area contributed by atoms with Crippen molar-refractivity contribution in [2.45, 2.75) is 6.92 Å². The fourth-order valence-corrected chi connectivity index (χ4v) is 1.55. The number of anilines is 1. The summed E-state index contributed by atoms with van der Waals surface area (Å²) >= 11 is 5.89. The second-order valence-corrected chi connectivity index (χ2v) is 4.05. The normalized spacial score (nSPS) is 10.3. The quantitative estimate of drug-likeness (QED) is 0.830. The minimum Gasteiger partial charge on any atom is -0.330 e. The molecule has 0 aliphatic rings. The van der Waals surface area contributed by atoms with Crippen molar-refractivity contribution in [2.75, 3.05) is 5.32 Å². The fourth-order valence-electron chi connectivity index (χ4n) is 1.40. The van der Waals surface area contributed by atoms with Crippen LogP contribution >= 0.6 is 11.6 Å². The Morgan fingerprint density at radius 3 is 2.88 bits per heavy atom. The van der Waals surface area contributed by atoms with Gasteiger partial charge in [0, 0.05) is 13.2 Å². The lowest BCUT2D eigenvalue weighted by Crippen LogP contribution is -2.15. The first-order valence-corrected chi connectivity index (χ1v) is 5.35. The maximum atomic E-state index is 11.9. The van der Waals surface area contributed by atoms with Crippen molar-refractivity contribution >= 4 is 23.2 Å². The van der Waals surface area contributed by atoms with Gasteiger partial charge in [0.1, 0.15) is 5.69 Å². The maximum absolute atomic E-state index is 11.9. The van der Waals surface area contributed by atoms with Crippen molar-refractivity contribution in [1.82, 2.24) is 14.5 Å². The highest BCUT2D eigenvalue weighted by Gasteiger charge is 2.12. The van der Waals surface area contributed by atoms with Gasteiger partial charge in [0.05, 0.1) is 18.2 Å². The van der Waals surface area contributed by atoms with E-state index in [0.29, 0.717) is 11.4 Å². The molecular formula is C11H11ClN4O. The van der Waals surface area contributed by atoms with Crippen LogP contribution in [0.4, 0.5) is 5.69 Å². The number of aromatic nitrogens is 3. The third-order valence-electron chi connectivity index (χ3n) is 2.27. The Hall–Kier alpha value is -1.88. The van der Waals surface area contributed by atoms with Crippen LogP contribution in [-0.2, 0) is 7.05 Å². The van der Waals surface area contributed by atoms with Gasteiger partial charge in [0.25, 0.3) is 5.91 Å². The Bertz CT molecular complexity index is 564. The number of halogens is 1. The summed E-state index contributed by atoms with van der Waals surface area (Å²) in [6.07, 6.45) is 4.69. The van der Waals surface area contributed by atoms with E-state index in [2.05, 4.69) is 15.3 Å². The molecule has 0 saturated carbocycles. The van der Waals surface area contributed by atoms with E-state index in [9.17, 15) is 4.79 Å². The van der Waals surface area contributed by atoms with Crippen molar-refractivity contribution < 1.29 is 4.79 Å². The molecule has 2 heterocycles. The molecule has 0 aliphatic carbocycles. The summed E-state index contributed by atoms with van der Waals surface area (Å²) in [7, 11) is 1.75. The van der Waals surface area contributed by atoms with Gasteiger partial charge < -0.3 is 9.88 Å². The van der Waals surface area contributed by atoms with Gasteiger partial charge in [-0.05, 0) is 18.6 Å². The van der Waals surface area contributed by atoms with Gasteiger partial charge in [0.15, 0.2) is 5.15 Å². The van der Waals surface area contributed by atoms with Crippen LogP contribution in [0, 0.1) is 6.92 Å². The van der Waals surface area contributed by atoms with Gasteiger partial charge in [-0.3, -0.25) is 4.79 Å². The Kier molecular flexibility index (Phi) is 3.10. The van der Waals surface area contributed by atoms with Crippen molar-refractivity contribution in [1.29, 1.82) is 0 Å². The molecule has 0 radical (unpaired) electrons. The zero-order valence-electron chi connectivity index (χ0n) is 9.44. The van der Waals surface area contributed by atoms with E-state index in [0.717, 1.165) is 5.56 Å². The smallest absolute Gasteiger partial charge is 0.274 e. The van der Waals surface area contributed by atoms with E-state index in [4.69, 9.17) is 11.6 Å². The lowest BCUT2D eigenvalue weighted by Gasteiger charge is -2.07. The average molecular weight is 251 g/mol. The molecule has 1 N–H and O–H groups in total. The Balaban J connectivity index is 2.24. The number of carbonyl (C=O) groups is 1. The number of aryl methyl sites for hydroxylation is 2. The van der Waals surface area contributed by atoms with Crippen LogP contribution in [0.15, 0.2) is 24.8 Å². The largest absolute Gasteiger partial charge is 0.330 e. The molecule has 2 aromatic heterocycles. The van der Waals surface area contributed by atoms with Crippen molar-refractivity contribution in [2.24, 2.45) is 7.05 Å². The SMILES string of the molecule is Cc1cnc(Cl)c(NC(=O)c2cncn2C)c1. The van der Waals surface area contributed by atoms with Crippen molar-refractivity contribution in [3.8, 4) is 0 Å². The highest BCUT2D eigenvalue weighted by molar-refractivity contribution is 6.32. The van der Waals surface area contributed by atoms with Crippen LogP contribution in [0.25, 0.3) is 0 Å². The molecular weight excluding hydrogens is 240 g/mol. The molecule has 0 bridgehead atoms. The van der Waals surface area contributed by atoms with Gasteiger partial charge in [0.2, 0.25) is 0 Å². The zero-order chi connectivity index (χ0) is 12.4. The summed E-state index contributed by atoms with van der Waals surface area (Å²) in [5, 5.41) is 2.97. The van der Waals surface area contributed by atoms with Gasteiger partial charge in [-0.2, -0.15) is 0 Å². The Morgan fingerprint density at radius 1 is 1.47 bits per heavy atom. The van der Waals surface area contributed by atoms with Crippen LogP contribution in [0.3, 0.4) is 0 Å². The topological polar surface area (TPSA) is 59.8 Å². The van der Waals surface area contributed by atoms with Crippen LogP contribution in [0.5, 0.6) is 0 Å². The predicted octanol–water partition coefficient (Wildman–Crippen LogP) is 2.03. The fraction of sp³-hybridized carbons (Fsp3) is 0.182. The lowest BCUT2D eigenvalue weighted by atomic mass is 10.3. The molecule has 17 heavy (non-hydrogen) atoms. The number of nitrogens with one attached hydrogen (secondary N) is 1. The third-order valence-corrected chi connectivity index (χ3v) is 2.57. The number of imidazole rings is 1. The number of amides is 1. The van der Waals surface area contributed by atoms with E-state index in [1.807, 2.05) is 6.92 Å². The first kappa shape index (κ1) is 11.6. The number of nitrogens with zero attached hydrogens (tertiary/aromatic N) is 3. The minimum atomic E-state index is -0.265. The number of hydrogen-bond donors (Lipinski definition) is 1. The molecule has 0 spiro atoms. The van der Waals surface area contributed by atoms with Crippen LogP contribution in [-0.4, -0.2) is 20.4 Å². The van der Waals surface area contributed by atoms with E-state index in [1.54, 1.807) is 30.2 Å². The number of carbonyl (C=O) groups excluding carboxylic acids is 1. The summed E-state index contributed by atoms with van der Waals surface area (Å²) in [4.78, 5) is 19.7. The molecule has 0 aliphatic heterocycles. The van der Waals surface area contributed by atoms with Crippen molar-refractivity contribution in [3.63, 3.8) is 0 Å².